The number of rotatable bonds is 3. The predicted octanol–water partition coefficient (Wildman–Crippen LogP) is 2.28. The first-order valence-electron chi connectivity index (χ1n) is 7.40. The lowest BCUT2D eigenvalue weighted by Gasteiger charge is -2.37. The molecule has 1 atom stereocenters. The van der Waals surface area contributed by atoms with Gasteiger partial charge in [0.05, 0.1) is 34.8 Å². The fourth-order valence-electron chi connectivity index (χ4n) is 2.79. The second-order valence-electron chi connectivity index (χ2n) is 5.13. The molecule has 1 saturated heterocycles. The van der Waals surface area contributed by atoms with Crippen LogP contribution in [0.4, 0.5) is 0 Å². The molecule has 2 aliphatic rings. The van der Waals surface area contributed by atoms with Gasteiger partial charge in [0.1, 0.15) is 5.82 Å². The summed E-state index contributed by atoms with van der Waals surface area (Å²) in [4.78, 5) is 27.0. The van der Waals surface area contributed by atoms with Crippen molar-refractivity contribution in [2.24, 2.45) is 5.73 Å². The molecule has 3 heterocycles. The number of nitrogens with zero attached hydrogens (tertiary/aromatic N) is 2. The van der Waals surface area contributed by atoms with E-state index in [1.807, 2.05) is 17.5 Å². The Kier molecular flexibility index (Phi) is 4.64. The maximum atomic E-state index is 12.5. The number of nitrogens with two attached hydrogens (primary N) is 1. The molecule has 3 rings (SSSR count). The average molecular weight is 361 g/mol. The number of hydrogen-bond donors (Lipinski definition) is 1. The molecular formula is C16H15N3O3S2. The summed E-state index contributed by atoms with van der Waals surface area (Å²) in [5, 5.41) is 12.1. The van der Waals surface area contributed by atoms with Crippen molar-refractivity contribution in [2.45, 2.75) is 19.3 Å². The SMILES string of the molecule is CCOC(=O)C1=C(N)N2C(=O)CCSC2=C(C#N)C1c1cccs1. The molecule has 1 unspecified atom stereocenters. The van der Waals surface area contributed by atoms with Gasteiger partial charge in [0.25, 0.3) is 0 Å². The normalized spacial score (nSPS) is 20.8. The molecule has 2 aliphatic heterocycles. The minimum Gasteiger partial charge on any atom is -0.463 e. The highest BCUT2D eigenvalue weighted by molar-refractivity contribution is 8.03. The number of amides is 1. The van der Waals surface area contributed by atoms with Crippen LogP contribution in [0.2, 0.25) is 0 Å². The molecule has 24 heavy (non-hydrogen) atoms. The first-order valence-corrected chi connectivity index (χ1v) is 9.26. The van der Waals surface area contributed by atoms with E-state index in [0.717, 1.165) is 4.88 Å². The molecule has 0 aliphatic carbocycles. The van der Waals surface area contributed by atoms with Crippen molar-refractivity contribution in [1.82, 2.24) is 4.90 Å². The van der Waals surface area contributed by atoms with Gasteiger partial charge in [-0.25, -0.2) is 4.79 Å². The van der Waals surface area contributed by atoms with E-state index in [0.29, 0.717) is 22.8 Å². The van der Waals surface area contributed by atoms with Gasteiger partial charge in [0, 0.05) is 17.1 Å². The number of nitriles is 1. The lowest BCUT2D eigenvalue weighted by atomic mass is 9.87. The molecule has 0 spiro atoms. The van der Waals surface area contributed by atoms with Crippen LogP contribution in [0.1, 0.15) is 24.1 Å². The fourth-order valence-corrected chi connectivity index (χ4v) is 4.75. The van der Waals surface area contributed by atoms with Gasteiger partial charge >= 0.3 is 5.97 Å². The second-order valence-corrected chi connectivity index (χ2v) is 7.19. The van der Waals surface area contributed by atoms with Crippen LogP contribution in [0.3, 0.4) is 0 Å². The van der Waals surface area contributed by atoms with Crippen LogP contribution in [0.25, 0.3) is 0 Å². The Morgan fingerprint density at radius 3 is 3.00 bits per heavy atom. The van der Waals surface area contributed by atoms with Gasteiger partial charge in [-0.15, -0.1) is 23.1 Å². The number of carbonyl (C=O) groups is 2. The first-order chi connectivity index (χ1) is 11.6. The number of thioether (sulfide) groups is 1. The summed E-state index contributed by atoms with van der Waals surface area (Å²) in [6.07, 6.45) is 0.313. The predicted molar refractivity (Wildman–Crippen MR) is 91.5 cm³/mol. The number of hydrogen-bond acceptors (Lipinski definition) is 7. The van der Waals surface area contributed by atoms with Crippen LogP contribution in [-0.2, 0) is 14.3 Å². The van der Waals surface area contributed by atoms with E-state index in [1.54, 1.807) is 6.92 Å². The molecule has 124 valence electrons. The zero-order chi connectivity index (χ0) is 17.3. The van der Waals surface area contributed by atoms with E-state index < -0.39 is 11.9 Å². The van der Waals surface area contributed by atoms with Crippen molar-refractivity contribution in [1.29, 1.82) is 5.26 Å². The molecule has 1 aromatic heterocycles. The Bertz CT molecular complexity index is 790. The van der Waals surface area contributed by atoms with Crippen LogP contribution in [-0.4, -0.2) is 29.1 Å². The number of fused-ring (bicyclic) bond motifs is 1. The van der Waals surface area contributed by atoms with Crippen LogP contribution >= 0.6 is 23.1 Å². The Morgan fingerprint density at radius 2 is 2.38 bits per heavy atom. The Balaban J connectivity index is 2.22. The van der Waals surface area contributed by atoms with Crippen molar-refractivity contribution in [3.8, 4) is 6.07 Å². The highest BCUT2D eigenvalue weighted by atomic mass is 32.2. The summed E-state index contributed by atoms with van der Waals surface area (Å²) in [7, 11) is 0. The van der Waals surface area contributed by atoms with Crippen molar-refractivity contribution in [3.05, 3.63) is 44.4 Å². The highest BCUT2D eigenvalue weighted by Gasteiger charge is 2.43. The van der Waals surface area contributed by atoms with E-state index in [9.17, 15) is 14.9 Å². The average Bonchev–Trinajstić information content (AvgIpc) is 3.08. The fraction of sp³-hybridized carbons (Fsp3) is 0.312. The summed E-state index contributed by atoms with van der Waals surface area (Å²) in [6, 6.07) is 5.89. The zero-order valence-corrected chi connectivity index (χ0v) is 14.6. The van der Waals surface area contributed by atoms with Gasteiger partial charge in [-0.05, 0) is 18.4 Å². The van der Waals surface area contributed by atoms with Gasteiger partial charge in [-0.3, -0.25) is 9.69 Å². The van der Waals surface area contributed by atoms with Crippen LogP contribution in [0.5, 0.6) is 0 Å². The van der Waals surface area contributed by atoms with Crippen molar-refractivity contribution < 1.29 is 14.3 Å². The number of thiophene rings is 1. The summed E-state index contributed by atoms with van der Waals surface area (Å²) < 4.78 is 5.14. The standard InChI is InChI=1S/C16H15N3O3S2/c1-2-22-16(21)13-12(10-4-3-6-23-10)9(8-17)15-19(14(13)18)11(20)5-7-24-15/h3-4,6,12H,2,5,7,18H2,1H3. The number of allylic oxidation sites excluding steroid dienone is 1. The summed E-state index contributed by atoms with van der Waals surface area (Å²) in [6.45, 7) is 1.89. The van der Waals surface area contributed by atoms with Crippen LogP contribution < -0.4 is 5.73 Å². The molecule has 6 nitrogen and oxygen atoms in total. The molecule has 8 heteroatoms. The topological polar surface area (TPSA) is 96.4 Å². The third-order valence-electron chi connectivity index (χ3n) is 3.78. The number of esters is 1. The van der Waals surface area contributed by atoms with Crippen LogP contribution in [0.15, 0.2) is 39.5 Å². The Hall–Kier alpha value is -2.24. The van der Waals surface area contributed by atoms with E-state index in [1.165, 1.54) is 28.0 Å². The maximum absolute atomic E-state index is 12.5. The minimum atomic E-state index is -0.598. The van der Waals surface area contributed by atoms with Crippen molar-refractivity contribution >= 4 is 35.0 Å². The van der Waals surface area contributed by atoms with E-state index >= 15 is 0 Å². The van der Waals surface area contributed by atoms with E-state index in [4.69, 9.17) is 10.5 Å². The highest BCUT2D eigenvalue weighted by Crippen LogP contribution is 2.47. The molecule has 0 saturated carbocycles. The molecule has 0 aromatic carbocycles. The van der Waals surface area contributed by atoms with Crippen LogP contribution in [0, 0.1) is 11.3 Å². The minimum absolute atomic E-state index is 0.0676. The number of carbonyl (C=O) groups excluding carboxylic acids is 2. The third-order valence-corrected chi connectivity index (χ3v) is 5.80. The van der Waals surface area contributed by atoms with Crippen molar-refractivity contribution in [3.63, 3.8) is 0 Å². The second kappa shape index (κ2) is 6.71. The van der Waals surface area contributed by atoms with Gasteiger partial charge in [-0.2, -0.15) is 5.26 Å². The molecule has 1 fully saturated rings. The van der Waals surface area contributed by atoms with Gasteiger partial charge in [-0.1, -0.05) is 6.07 Å². The summed E-state index contributed by atoms with van der Waals surface area (Å²) in [5.41, 5.74) is 6.73. The van der Waals surface area contributed by atoms with Gasteiger partial charge < -0.3 is 10.5 Å². The lowest BCUT2D eigenvalue weighted by Crippen LogP contribution is -2.42. The quantitative estimate of drug-likeness (QED) is 0.830. The summed E-state index contributed by atoms with van der Waals surface area (Å²) >= 11 is 2.85. The van der Waals surface area contributed by atoms with Gasteiger partial charge in [0.15, 0.2) is 0 Å². The van der Waals surface area contributed by atoms with E-state index in [2.05, 4.69) is 6.07 Å². The Labute approximate surface area is 147 Å². The smallest absolute Gasteiger partial charge is 0.338 e. The molecular weight excluding hydrogens is 346 g/mol. The summed E-state index contributed by atoms with van der Waals surface area (Å²) in [5.74, 6) is -0.740. The largest absolute Gasteiger partial charge is 0.463 e. The lowest BCUT2D eigenvalue weighted by molar-refractivity contribution is -0.139. The first kappa shape index (κ1) is 16.6. The molecule has 0 bridgehead atoms. The zero-order valence-electron chi connectivity index (χ0n) is 12.9. The van der Waals surface area contributed by atoms with Crippen molar-refractivity contribution in [2.75, 3.05) is 12.4 Å². The monoisotopic (exact) mass is 361 g/mol. The third kappa shape index (κ3) is 2.60. The number of ether oxygens (including phenoxy) is 1. The van der Waals surface area contributed by atoms with Gasteiger partial charge in [0.2, 0.25) is 5.91 Å². The molecule has 1 amide bonds. The Morgan fingerprint density at radius 1 is 1.58 bits per heavy atom. The molecule has 0 radical (unpaired) electrons. The van der Waals surface area contributed by atoms with E-state index in [-0.39, 0.29) is 23.9 Å². The maximum Gasteiger partial charge on any atom is 0.338 e. The molecule has 1 aromatic rings. The molecule has 2 N–H and O–H groups in total.